The molecule has 0 bridgehead atoms. The van der Waals surface area contributed by atoms with Crippen LogP contribution in [0.3, 0.4) is 0 Å². The molecule has 21 heavy (non-hydrogen) atoms. The summed E-state index contributed by atoms with van der Waals surface area (Å²) in [6.07, 6.45) is 0.966. The minimum atomic E-state index is 0.291. The Balaban J connectivity index is 2.07. The molecule has 2 aromatic rings. The number of aromatic nitrogens is 2. The molecule has 0 N–H and O–H groups in total. The van der Waals surface area contributed by atoms with E-state index in [-0.39, 0.29) is 0 Å². The molecule has 1 aliphatic rings. The Kier molecular flexibility index (Phi) is 4.10. The zero-order valence-electron chi connectivity index (χ0n) is 12.2. The van der Waals surface area contributed by atoms with Crippen molar-refractivity contribution in [1.82, 2.24) is 9.97 Å². The standard InChI is InChI=1S/C16H18BrN3O/c1-11(2)16-18-14(17)10-15(19-16)20-8-5-9-21-13-7-4-3-6-12(13)20/h3-4,6-7,10-11H,5,8-9H2,1-2H3. The van der Waals surface area contributed by atoms with Crippen LogP contribution in [0.5, 0.6) is 5.75 Å². The molecular weight excluding hydrogens is 330 g/mol. The highest BCUT2D eigenvalue weighted by atomic mass is 79.9. The molecular formula is C16H18BrN3O. The molecule has 0 saturated carbocycles. The van der Waals surface area contributed by atoms with E-state index in [4.69, 9.17) is 9.72 Å². The fourth-order valence-corrected chi connectivity index (χ4v) is 2.77. The van der Waals surface area contributed by atoms with Gasteiger partial charge in [-0.3, -0.25) is 0 Å². The Morgan fingerprint density at radius 3 is 2.86 bits per heavy atom. The van der Waals surface area contributed by atoms with Crippen LogP contribution in [0.1, 0.15) is 32.0 Å². The van der Waals surface area contributed by atoms with Crippen LogP contribution in [0.15, 0.2) is 34.9 Å². The van der Waals surface area contributed by atoms with Gasteiger partial charge in [0.2, 0.25) is 0 Å². The van der Waals surface area contributed by atoms with Crippen LogP contribution in [0, 0.1) is 0 Å². The van der Waals surface area contributed by atoms with Gasteiger partial charge in [-0.25, -0.2) is 9.97 Å². The first-order valence-corrected chi connectivity index (χ1v) is 7.98. The van der Waals surface area contributed by atoms with Gasteiger partial charge in [-0.1, -0.05) is 26.0 Å². The maximum atomic E-state index is 5.81. The predicted octanol–water partition coefficient (Wildman–Crippen LogP) is 4.28. The summed E-state index contributed by atoms with van der Waals surface area (Å²) in [7, 11) is 0. The van der Waals surface area contributed by atoms with Gasteiger partial charge < -0.3 is 9.64 Å². The Labute approximate surface area is 133 Å². The number of rotatable bonds is 2. The first-order chi connectivity index (χ1) is 10.1. The van der Waals surface area contributed by atoms with Crippen molar-refractivity contribution in [3.8, 4) is 5.75 Å². The summed E-state index contributed by atoms with van der Waals surface area (Å²) in [4.78, 5) is 11.4. The van der Waals surface area contributed by atoms with Crippen molar-refractivity contribution in [3.05, 3.63) is 40.8 Å². The molecule has 0 aliphatic carbocycles. The molecule has 1 aromatic carbocycles. The van der Waals surface area contributed by atoms with Gasteiger partial charge in [-0.05, 0) is 34.5 Å². The van der Waals surface area contributed by atoms with E-state index in [2.05, 4.69) is 45.7 Å². The smallest absolute Gasteiger partial charge is 0.142 e. The summed E-state index contributed by atoms with van der Waals surface area (Å²) >= 11 is 3.50. The predicted molar refractivity (Wildman–Crippen MR) is 87.4 cm³/mol. The minimum Gasteiger partial charge on any atom is -0.491 e. The van der Waals surface area contributed by atoms with Gasteiger partial charge in [0.05, 0.1) is 12.3 Å². The highest BCUT2D eigenvalue weighted by Crippen LogP contribution is 2.35. The first kappa shape index (κ1) is 14.3. The third-order valence-corrected chi connectivity index (χ3v) is 3.84. The van der Waals surface area contributed by atoms with Crippen LogP contribution in [-0.2, 0) is 0 Å². The summed E-state index contributed by atoms with van der Waals surface area (Å²) in [6.45, 7) is 5.82. The van der Waals surface area contributed by atoms with Crippen molar-refractivity contribution in [1.29, 1.82) is 0 Å². The van der Waals surface area contributed by atoms with Crippen LogP contribution in [0.2, 0.25) is 0 Å². The lowest BCUT2D eigenvalue weighted by atomic mass is 10.2. The average Bonchev–Trinajstić information content (AvgIpc) is 2.69. The zero-order chi connectivity index (χ0) is 14.8. The number of benzene rings is 1. The minimum absolute atomic E-state index is 0.291. The van der Waals surface area contributed by atoms with E-state index in [9.17, 15) is 0 Å². The lowest BCUT2D eigenvalue weighted by molar-refractivity contribution is 0.322. The molecule has 2 heterocycles. The lowest BCUT2D eigenvalue weighted by Crippen LogP contribution is -2.20. The SMILES string of the molecule is CC(C)c1nc(Br)cc(N2CCCOc3ccccc32)n1. The van der Waals surface area contributed by atoms with E-state index in [1.165, 1.54) is 0 Å². The molecule has 1 aromatic heterocycles. The van der Waals surface area contributed by atoms with Gasteiger partial charge in [0.25, 0.3) is 0 Å². The molecule has 110 valence electrons. The second-order valence-corrected chi connectivity index (χ2v) is 6.20. The number of anilines is 2. The second kappa shape index (κ2) is 6.02. The Hall–Kier alpha value is -1.62. The van der Waals surface area contributed by atoms with Crippen molar-refractivity contribution in [2.45, 2.75) is 26.2 Å². The fraction of sp³-hybridized carbons (Fsp3) is 0.375. The highest BCUT2D eigenvalue weighted by molar-refractivity contribution is 9.10. The lowest BCUT2D eigenvalue weighted by Gasteiger charge is -2.23. The normalized spacial score (nSPS) is 14.6. The number of hydrogen-bond donors (Lipinski definition) is 0. The summed E-state index contributed by atoms with van der Waals surface area (Å²) in [5.41, 5.74) is 1.07. The van der Waals surface area contributed by atoms with Crippen molar-refractivity contribution in [2.75, 3.05) is 18.1 Å². The third kappa shape index (κ3) is 3.02. The fourth-order valence-electron chi connectivity index (χ4n) is 2.38. The quantitative estimate of drug-likeness (QED) is 0.759. The summed E-state index contributed by atoms with van der Waals surface area (Å²) < 4.78 is 6.63. The number of ether oxygens (including phenoxy) is 1. The van der Waals surface area contributed by atoms with Crippen molar-refractivity contribution < 1.29 is 4.74 Å². The number of fused-ring (bicyclic) bond motifs is 1. The molecule has 0 atom stereocenters. The van der Waals surface area contributed by atoms with Crippen molar-refractivity contribution in [2.24, 2.45) is 0 Å². The molecule has 0 amide bonds. The number of halogens is 1. The first-order valence-electron chi connectivity index (χ1n) is 7.19. The van der Waals surface area contributed by atoms with E-state index in [1.54, 1.807) is 0 Å². The van der Waals surface area contributed by atoms with Gasteiger partial charge in [0.1, 0.15) is 22.0 Å². The zero-order valence-corrected chi connectivity index (χ0v) is 13.8. The Bertz CT molecular complexity index is 645. The Morgan fingerprint density at radius 1 is 1.24 bits per heavy atom. The number of hydrogen-bond acceptors (Lipinski definition) is 4. The molecule has 0 spiro atoms. The van der Waals surface area contributed by atoms with Crippen LogP contribution in [-0.4, -0.2) is 23.1 Å². The van der Waals surface area contributed by atoms with Gasteiger partial charge >= 0.3 is 0 Å². The largest absolute Gasteiger partial charge is 0.491 e. The monoisotopic (exact) mass is 347 g/mol. The van der Waals surface area contributed by atoms with Gasteiger partial charge in [0.15, 0.2) is 0 Å². The van der Waals surface area contributed by atoms with Gasteiger partial charge in [-0.15, -0.1) is 0 Å². The van der Waals surface area contributed by atoms with E-state index >= 15 is 0 Å². The second-order valence-electron chi connectivity index (χ2n) is 5.38. The molecule has 3 rings (SSSR count). The molecule has 0 unspecified atom stereocenters. The van der Waals surface area contributed by atoms with Gasteiger partial charge in [-0.2, -0.15) is 0 Å². The molecule has 0 saturated heterocycles. The average molecular weight is 348 g/mol. The van der Waals surface area contributed by atoms with E-state index in [0.29, 0.717) is 5.92 Å². The number of nitrogens with zero attached hydrogens (tertiary/aromatic N) is 3. The van der Waals surface area contributed by atoms with E-state index in [0.717, 1.165) is 47.3 Å². The van der Waals surface area contributed by atoms with Gasteiger partial charge in [0, 0.05) is 18.5 Å². The maximum absolute atomic E-state index is 5.81. The third-order valence-electron chi connectivity index (χ3n) is 3.43. The van der Waals surface area contributed by atoms with E-state index in [1.807, 2.05) is 24.3 Å². The summed E-state index contributed by atoms with van der Waals surface area (Å²) in [5.74, 6) is 2.97. The van der Waals surface area contributed by atoms with Crippen LogP contribution < -0.4 is 9.64 Å². The summed E-state index contributed by atoms with van der Waals surface area (Å²) in [5, 5.41) is 0. The maximum Gasteiger partial charge on any atom is 0.142 e. The highest BCUT2D eigenvalue weighted by Gasteiger charge is 2.20. The van der Waals surface area contributed by atoms with Crippen LogP contribution in [0.25, 0.3) is 0 Å². The molecule has 5 heteroatoms. The molecule has 4 nitrogen and oxygen atoms in total. The molecule has 1 aliphatic heterocycles. The number of para-hydroxylation sites is 2. The van der Waals surface area contributed by atoms with E-state index < -0.39 is 0 Å². The molecule has 0 fully saturated rings. The Morgan fingerprint density at radius 2 is 2.05 bits per heavy atom. The van der Waals surface area contributed by atoms with Crippen molar-refractivity contribution in [3.63, 3.8) is 0 Å². The summed E-state index contributed by atoms with van der Waals surface area (Å²) in [6, 6.07) is 10.1. The van der Waals surface area contributed by atoms with Crippen molar-refractivity contribution >= 4 is 27.4 Å². The van der Waals surface area contributed by atoms with Crippen LogP contribution in [0.4, 0.5) is 11.5 Å². The van der Waals surface area contributed by atoms with Crippen LogP contribution >= 0.6 is 15.9 Å². The molecule has 0 radical (unpaired) electrons. The topological polar surface area (TPSA) is 38.2 Å².